The monoisotopic (exact) mass is 100 g/mol. The van der Waals surface area contributed by atoms with Gasteiger partial charge in [-0.05, 0) is 5.92 Å². The first kappa shape index (κ1) is 6.96. The zero-order valence-electron chi connectivity index (χ0n) is 5.44. The van der Waals surface area contributed by atoms with Gasteiger partial charge in [-0.1, -0.05) is 20.3 Å². The molecule has 0 aliphatic carbocycles. The molecule has 0 N–H and O–H groups in total. The Bertz CT molecular complexity index is 33.2. The lowest BCUT2D eigenvalue weighted by molar-refractivity contribution is 0.611. The van der Waals surface area contributed by atoms with Crippen molar-refractivity contribution in [3.63, 3.8) is 0 Å². The minimum absolute atomic E-state index is 0.809. The summed E-state index contributed by atoms with van der Waals surface area (Å²) < 4.78 is 0. The number of rotatable bonds is 3. The average molecular weight is 100 g/mol. The summed E-state index contributed by atoms with van der Waals surface area (Å²) in [6.45, 7) is 5.45. The Morgan fingerprint density at radius 2 is 2.00 bits per heavy atom. The Hall–Kier alpha value is -0.0400. The maximum absolute atomic E-state index is 3.98. The summed E-state index contributed by atoms with van der Waals surface area (Å²) in [6.07, 6.45) is 1.23. The van der Waals surface area contributed by atoms with Crippen molar-refractivity contribution >= 4 is 0 Å². The van der Waals surface area contributed by atoms with E-state index in [0.717, 1.165) is 12.5 Å². The zero-order valence-corrected chi connectivity index (χ0v) is 5.44. The lowest BCUT2D eigenvalue weighted by atomic mass is 10.1. The Morgan fingerprint density at radius 1 is 1.43 bits per heavy atom. The SMILES string of the molecule is C[N-]CCC(C)C. The average Bonchev–Trinajstić information content (AvgIpc) is 1.61. The fourth-order valence-electron chi connectivity index (χ4n) is 0.387. The van der Waals surface area contributed by atoms with Crippen molar-refractivity contribution < 1.29 is 0 Å². The van der Waals surface area contributed by atoms with E-state index in [1.54, 1.807) is 0 Å². The molecule has 44 valence electrons. The standard InChI is InChI=1S/C6H14N/c1-6(2)4-5-7-3/h6H,4-5H2,1-3H3/q-1. The van der Waals surface area contributed by atoms with Crippen molar-refractivity contribution in [2.75, 3.05) is 13.6 Å². The first-order chi connectivity index (χ1) is 3.27. The quantitative estimate of drug-likeness (QED) is 0.515. The third kappa shape index (κ3) is 5.96. The minimum Gasteiger partial charge on any atom is -0.665 e. The molecule has 0 amide bonds. The molecule has 0 fully saturated rings. The van der Waals surface area contributed by atoms with E-state index >= 15 is 0 Å². The second kappa shape index (κ2) is 4.13. The molecular weight excluding hydrogens is 86.1 g/mol. The maximum atomic E-state index is 3.98. The summed E-state index contributed by atoms with van der Waals surface area (Å²) in [5, 5.41) is 3.98. The molecule has 0 bridgehead atoms. The highest BCUT2D eigenvalue weighted by Crippen LogP contribution is 1.99. The number of hydrogen-bond donors (Lipinski definition) is 0. The second-order valence-corrected chi connectivity index (χ2v) is 2.22. The summed E-state index contributed by atoms with van der Waals surface area (Å²) in [5.41, 5.74) is 0. The highest BCUT2D eigenvalue weighted by Gasteiger charge is 1.83. The maximum Gasteiger partial charge on any atom is -0.0488 e. The van der Waals surface area contributed by atoms with Crippen LogP contribution in [0.5, 0.6) is 0 Å². The largest absolute Gasteiger partial charge is 0.665 e. The van der Waals surface area contributed by atoms with E-state index in [9.17, 15) is 0 Å². The molecule has 0 saturated heterocycles. The van der Waals surface area contributed by atoms with Crippen LogP contribution in [0.2, 0.25) is 0 Å². The van der Waals surface area contributed by atoms with Gasteiger partial charge in [0, 0.05) is 0 Å². The molecule has 0 aromatic rings. The molecule has 0 aromatic carbocycles. The fourth-order valence-corrected chi connectivity index (χ4v) is 0.387. The highest BCUT2D eigenvalue weighted by atomic mass is 14.8. The molecule has 0 saturated carbocycles. The van der Waals surface area contributed by atoms with Gasteiger partial charge in [0.25, 0.3) is 0 Å². The van der Waals surface area contributed by atoms with Gasteiger partial charge in [-0.25, -0.2) is 0 Å². The lowest BCUT2D eigenvalue weighted by Gasteiger charge is -2.11. The molecule has 1 nitrogen and oxygen atoms in total. The molecule has 0 heterocycles. The van der Waals surface area contributed by atoms with E-state index in [1.807, 2.05) is 7.05 Å². The minimum atomic E-state index is 0.809. The molecule has 0 atom stereocenters. The van der Waals surface area contributed by atoms with Gasteiger partial charge in [-0.2, -0.15) is 7.05 Å². The first-order valence-electron chi connectivity index (χ1n) is 2.83. The highest BCUT2D eigenvalue weighted by molar-refractivity contribution is 4.69. The van der Waals surface area contributed by atoms with Crippen molar-refractivity contribution in [3.05, 3.63) is 5.32 Å². The molecule has 0 radical (unpaired) electrons. The van der Waals surface area contributed by atoms with Crippen LogP contribution in [0.15, 0.2) is 0 Å². The van der Waals surface area contributed by atoms with Gasteiger partial charge in [0.2, 0.25) is 0 Å². The topological polar surface area (TPSA) is 14.1 Å². The van der Waals surface area contributed by atoms with Gasteiger partial charge >= 0.3 is 0 Å². The molecule has 0 unspecified atom stereocenters. The van der Waals surface area contributed by atoms with Gasteiger partial charge in [-0.15, -0.1) is 6.54 Å². The van der Waals surface area contributed by atoms with E-state index < -0.39 is 0 Å². The van der Waals surface area contributed by atoms with Crippen molar-refractivity contribution in [2.24, 2.45) is 5.92 Å². The van der Waals surface area contributed by atoms with Crippen molar-refractivity contribution in [3.8, 4) is 0 Å². The third-order valence-corrected chi connectivity index (χ3v) is 0.930. The lowest BCUT2D eigenvalue weighted by Crippen LogP contribution is -1.89. The molecule has 1 heteroatoms. The first-order valence-corrected chi connectivity index (χ1v) is 2.83. The Balaban J connectivity index is 2.68. The zero-order chi connectivity index (χ0) is 5.70. The van der Waals surface area contributed by atoms with Gasteiger partial charge in [0.05, 0.1) is 0 Å². The van der Waals surface area contributed by atoms with Crippen LogP contribution in [0.1, 0.15) is 20.3 Å². The van der Waals surface area contributed by atoms with Crippen molar-refractivity contribution in [1.82, 2.24) is 0 Å². The molecule has 0 rings (SSSR count). The van der Waals surface area contributed by atoms with E-state index in [4.69, 9.17) is 0 Å². The van der Waals surface area contributed by atoms with Crippen molar-refractivity contribution in [2.45, 2.75) is 20.3 Å². The predicted octanol–water partition coefficient (Wildman–Crippen LogP) is 2.04. The Morgan fingerprint density at radius 3 is 2.14 bits per heavy atom. The van der Waals surface area contributed by atoms with E-state index in [1.165, 1.54) is 6.42 Å². The van der Waals surface area contributed by atoms with Crippen LogP contribution in [-0.2, 0) is 0 Å². The summed E-state index contributed by atoms with van der Waals surface area (Å²) in [6, 6.07) is 0. The fraction of sp³-hybridized carbons (Fsp3) is 1.00. The molecule has 7 heavy (non-hydrogen) atoms. The van der Waals surface area contributed by atoms with Gasteiger partial charge in [0.1, 0.15) is 0 Å². The van der Waals surface area contributed by atoms with E-state index in [0.29, 0.717) is 0 Å². The Kier molecular flexibility index (Phi) is 4.10. The summed E-state index contributed by atoms with van der Waals surface area (Å²) in [5.74, 6) is 0.809. The van der Waals surface area contributed by atoms with Crippen LogP contribution in [0.3, 0.4) is 0 Å². The smallest absolute Gasteiger partial charge is 0.0488 e. The van der Waals surface area contributed by atoms with Gasteiger partial charge in [-0.3, -0.25) is 0 Å². The normalized spacial score (nSPS) is 10.3. The molecule has 0 aliphatic rings. The van der Waals surface area contributed by atoms with Crippen LogP contribution in [0.25, 0.3) is 5.32 Å². The summed E-state index contributed by atoms with van der Waals surface area (Å²) in [7, 11) is 1.86. The molecule has 0 aromatic heterocycles. The van der Waals surface area contributed by atoms with Crippen LogP contribution in [-0.4, -0.2) is 13.6 Å². The third-order valence-electron chi connectivity index (χ3n) is 0.930. The van der Waals surface area contributed by atoms with E-state index in [-0.39, 0.29) is 0 Å². The second-order valence-electron chi connectivity index (χ2n) is 2.22. The molecule has 0 spiro atoms. The molecular formula is C6H14N-. The van der Waals surface area contributed by atoms with Gasteiger partial charge < -0.3 is 5.32 Å². The summed E-state index contributed by atoms with van der Waals surface area (Å²) >= 11 is 0. The van der Waals surface area contributed by atoms with Crippen LogP contribution < -0.4 is 0 Å². The molecule has 0 aliphatic heterocycles. The van der Waals surface area contributed by atoms with Crippen LogP contribution >= 0.6 is 0 Å². The van der Waals surface area contributed by atoms with Gasteiger partial charge in [0.15, 0.2) is 0 Å². The predicted molar refractivity (Wildman–Crippen MR) is 33.6 cm³/mol. The van der Waals surface area contributed by atoms with E-state index in [2.05, 4.69) is 19.2 Å². The summed E-state index contributed by atoms with van der Waals surface area (Å²) in [4.78, 5) is 0. The van der Waals surface area contributed by atoms with Crippen LogP contribution in [0, 0.1) is 5.92 Å². The Labute approximate surface area is 46.1 Å². The number of hydrogen-bond acceptors (Lipinski definition) is 0. The van der Waals surface area contributed by atoms with Crippen molar-refractivity contribution in [1.29, 1.82) is 0 Å². The number of nitrogens with zero attached hydrogens (tertiary/aromatic N) is 1. The van der Waals surface area contributed by atoms with Crippen LogP contribution in [0.4, 0.5) is 0 Å².